The molecule has 6 heteroatoms. The van der Waals surface area contributed by atoms with Crippen molar-refractivity contribution in [2.45, 2.75) is 19.9 Å². The molecule has 0 saturated carbocycles. The standard InChI is InChI=1S/C14H15FN4O/c1-9-2-3-11(15)10(6-9)7-14(20)18-8-13-17-5-4-12(16)19-13/h2-6H,7-8H2,1H3,(H,18,20)(H2,16,17,19). The third-order valence-electron chi connectivity index (χ3n) is 2.72. The summed E-state index contributed by atoms with van der Waals surface area (Å²) in [6, 6.07) is 6.25. The van der Waals surface area contributed by atoms with Crippen molar-refractivity contribution in [1.82, 2.24) is 15.3 Å². The molecule has 2 aromatic rings. The van der Waals surface area contributed by atoms with E-state index in [0.717, 1.165) is 5.56 Å². The number of aryl methyl sites for hydroxylation is 1. The van der Waals surface area contributed by atoms with Crippen molar-refractivity contribution in [1.29, 1.82) is 0 Å². The van der Waals surface area contributed by atoms with Gasteiger partial charge in [0.2, 0.25) is 5.91 Å². The Kier molecular flexibility index (Phi) is 4.24. The first kappa shape index (κ1) is 13.9. The lowest BCUT2D eigenvalue weighted by Crippen LogP contribution is -2.26. The van der Waals surface area contributed by atoms with Crippen LogP contribution in [0.1, 0.15) is 17.0 Å². The van der Waals surface area contributed by atoms with E-state index in [1.807, 2.05) is 6.92 Å². The predicted molar refractivity (Wildman–Crippen MR) is 73.1 cm³/mol. The molecule has 0 unspecified atom stereocenters. The number of nitrogens with two attached hydrogens (primary N) is 1. The smallest absolute Gasteiger partial charge is 0.224 e. The van der Waals surface area contributed by atoms with Crippen LogP contribution in [-0.2, 0) is 17.8 Å². The second kappa shape index (κ2) is 6.10. The minimum absolute atomic E-state index is 0.0180. The average Bonchev–Trinajstić information content (AvgIpc) is 2.41. The molecule has 1 aromatic carbocycles. The maximum atomic E-state index is 13.5. The highest BCUT2D eigenvalue weighted by Crippen LogP contribution is 2.10. The zero-order chi connectivity index (χ0) is 14.5. The number of carbonyl (C=O) groups excluding carboxylic acids is 1. The van der Waals surface area contributed by atoms with Crippen LogP contribution in [0.25, 0.3) is 0 Å². The molecule has 0 fully saturated rings. The number of aromatic nitrogens is 2. The van der Waals surface area contributed by atoms with Crippen molar-refractivity contribution in [3.8, 4) is 0 Å². The van der Waals surface area contributed by atoms with Gasteiger partial charge < -0.3 is 11.1 Å². The second-order valence-corrected chi connectivity index (χ2v) is 4.45. The normalized spacial score (nSPS) is 10.3. The fourth-order valence-corrected chi connectivity index (χ4v) is 1.75. The number of hydrogen-bond donors (Lipinski definition) is 2. The zero-order valence-corrected chi connectivity index (χ0v) is 11.1. The van der Waals surface area contributed by atoms with E-state index in [-0.39, 0.29) is 24.7 Å². The van der Waals surface area contributed by atoms with Gasteiger partial charge in [-0.05, 0) is 24.6 Å². The Morgan fingerprint density at radius 1 is 1.40 bits per heavy atom. The first-order chi connectivity index (χ1) is 9.54. The summed E-state index contributed by atoms with van der Waals surface area (Å²) in [6.45, 7) is 2.01. The van der Waals surface area contributed by atoms with Gasteiger partial charge in [0.1, 0.15) is 17.5 Å². The van der Waals surface area contributed by atoms with E-state index in [0.29, 0.717) is 17.2 Å². The maximum absolute atomic E-state index is 13.5. The number of benzene rings is 1. The third kappa shape index (κ3) is 3.74. The molecule has 1 amide bonds. The van der Waals surface area contributed by atoms with Crippen molar-refractivity contribution < 1.29 is 9.18 Å². The molecule has 0 aliphatic carbocycles. The molecule has 3 N–H and O–H groups in total. The van der Waals surface area contributed by atoms with Gasteiger partial charge in [0.05, 0.1) is 13.0 Å². The number of nitrogens with one attached hydrogen (secondary N) is 1. The number of nitrogens with zero attached hydrogens (tertiary/aromatic N) is 2. The summed E-state index contributed by atoms with van der Waals surface area (Å²) in [7, 11) is 0. The first-order valence-corrected chi connectivity index (χ1v) is 6.14. The van der Waals surface area contributed by atoms with Crippen LogP contribution in [0.3, 0.4) is 0 Å². The van der Waals surface area contributed by atoms with Crippen molar-refractivity contribution >= 4 is 11.7 Å². The predicted octanol–water partition coefficient (Wildman–Crippen LogP) is 1.37. The summed E-state index contributed by atoms with van der Waals surface area (Å²) >= 11 is 0. The molecule has 0 aliphatic heterocycles. The van der Waals surface area contributed by atoms with Crippen LogP contribution in [0.2, 0.25) is 0 Å². The number of nitrogen functional groups attached to an aromatic ring is 1. The Bertz CT molecular complexity index is 630. The quantitative estimate of drug-likeness (QED) is 0.882. The monoisotopic (exact) mass is 274 g/mol. The number of halogens is 1. The van der Waals surface area contributed by atoms with Crippen LogP contribution in [-0.4, -0.2) is 15.9 Å². The topological polar surface area (TPSA) is 80.9 Å². The fraction of sp³-hybridized carbons (Fsp3) is 0.214. The Hall–Kier alpha value is -2.50. The van der Waals surface area contributed by atoms with E-state index in [1.54, 1.807) is 18.2 Å². The fourth-order valence-electron chi connectivity index (χ4n) is 1.75. The Morgan fingerprint density at radius 3 is 2.95 bits per heavy atom. The van der Waals surface area contributed by atoms with Crippen LogP contribution in [0, 0.1) is 12.7 Å². The van der Waals surface area contributed by atoms with E-state index < -0.39 is 0 Å². The highest BCUT2D eigenvalue weighted by Gasteiger charge is 2.09. The van der Waals surface area contributed by atoms with Crippen molar-refractivity contribution in [3.63, 3.8) is 0 Å². The lowest BCUT2D eigenvalue weighted by Gasteiger charge is -2.06. The van der Waals surface area contributed by atoms with E-state index >= 15 is 0 Å². The van der Waals surface area contributed by atoms with Gasteiger partial charge in [-0.25, -0.2) is 14.4 Å². The third-order valence-corrected chi connectivity index (χ3v) is 2.72. The lowest BCUT2D eigenvalue weighted by atomic mass is 10.1. The zero-order valence-electron chi connectivity index (χ0n) is 11.1. The summed E-state index contributed by atoms with van der Waals surface area (Å²) in [4.78, 5) is 19.7. The Labute approximate surface area is 116 Å². The lowest BCUT2D eigenvalue weighted by molar-refractivity contribution is -0.120. The summed E-state index contributed by atoms with van der Waals surface area (Å²) < 4.78 is 13.5. The largest absolute Gasteiger partial charge is 0.384 e. The van der Waals surface area contributed by atoms with Gasteiger partial charge in [-0.3, -0.25) is 4.79 Å². The summed E-state index contributed by atoms with van der Waals surface area (Å²) in [5, 5.41) is 2.64. The number of rotatable bonds is 4. The highest BCUT2D eigenvalue weighted by atomic mass is 19.1. The maximum Gasteiger partial charge on any atom is 0.224 e. The molecule has 0 radical (unpaired) electrons. The molecule has 1 heterocycles. The molecule has 1 aromatic heterocycles. The number of anilines is 1. The van der Waals surface area contributed by atoms with Gasteiger partial charge >= 0.3 is 0 Å². The molecule has 5 nitrogen and oxygen atoms in total. The van der Waals surface area contributed by atoms with Crippen molar-refractivity contribution in [2.75, 3.05) is 5.73 Å². The van der Waals surface area contributed by atoms with Gasteiger partial charge in [0.25, 0.3) is 0 Å². The summed E-state index contributed by atoms with van der Waals surface area (Å²) in [5.41, 5.74) is 6.79. The molecule has 0 spiro atoms. The molecule has 0 aliphatic rings. The van der Waals surface area contributed by atoms with Crippen LogP contribution in [0.4, 0.5) is 10.2 Å². The molecule has 20 heavy (non-hydrogen) atoms. The second-order valence-electron chi connectivity index (χ2n) is 4.45. The van der Waals surface area contributed by atoms with Gasteiger partial charge in [-0.2, -0.15) is 0 Å². The minimum Gasteiger partial charge on any atom is -0.384 e. The van der Waals surface area contributed by atoms with Crippen molar-refractivity contribution in [3.05, 3.63) is 53.2 Å². The van der Waals surface area contributed by atoms with Crippen LogP contribution in [0.5, 0.6) is 0 Å². The van der Waals surface area contributed by atoms with Crippen molar-refractivity contribution in [2.24, 2.45) is 0 Å². The van der Waals surface area contributed by atoms with Crippen LogP contribution in [0.15, 0.2) is 30.5 Å². The molecule has 0 bridgehead atoms. The van der Waals surface area contributed by atoms with E-state index in [1.165, 1.54) is 12.3 Å². The van der Waals surface area contributed by atoms with E-state index in [4.69, 9.17) is 5.73 Å². The van der Waals surface area contributed by atoms with Crippen LogP contribution < -0.4 is 11.1 Å². The van der Waals surface area contributed by atoms with Gasteiger partial charge in [-0.1, -0.05) is 17.7 Å². The Balaban J connectivity index is 1.94. The van der Waals surface area contributed by atoms with Gasteiger partial charge in [-0.15, -0.1) is 0 Å². The molecular formula is C14H15FN4O. The molecule has 0 saturated heterocycles. The number of hydrogen-bond acceptors (Lipinski definition) is 4. The van der Waals surface area contributed by atoms with Gasteiger partial charge in [0.15, 0.2) is 0 Å². The molecule has 2 rings (SSSR count). The highest BCUT2D eigenvalue weighted by molar-refractivity contribution is 5.78. The molecule has 0 atom stereocenters. The molecule has 104 valence electrons. The summed E-state index contributed by atoms with van der Waals surface area (Å²) in [6.07, 6.45) is 1.50. The average molecular weight is 274 g/mol. The van der Waals surface area contributed by atoms with Gasteiger partial charge in [0, 0.05) is 6.20 Å². The molecular weight excluding hydrogens is 259 g/mol. The SMILES string of the molecule is Cc1ccc(F)c(CC(=O)NCc2nccc(N)n2)c1. The van der Waals surface area contributed by atoms with E-state index in [9.17, 15) is 9.18 Å². The van der Waals surface area contributed by atoms with E-state index in [2.05, 4.69) is 15.3 Å². The first-order valence-electron chi connectivity index (χ1n) is 6.14. The number of amides is 1. The Morgan fingerprint density at radius 2 is 2.20 bits per heavy atom. The minimum atomic E-state index is -0.383. The number of carbonyl (C=O) groups is 1. The summed E-state index contributed by atoms with van der Waals surface area (Å²) in [5.74, 6) is 0.0866. The van der Waals surface area contributed by atoms with Crippen LogP contribution >= 0.6 is 0 Å².